The summed E-state index contributed by atoms with van der Waals surface area (Å²) >= 11 is 1.29. The summed E-state index contributed by atoms with van der Waals surface area (Å²) in [5.41, 5.74) is 3.32. The molecule has 0 bridgehead atoms. The summed E-state index contributed by atoms with van der Waals surface area (Å²) in [6, 6.07) is 24.2. The lowest BCUT2D eigenvalue weighted by molar-refractivity contribution is -0.136. The number of carbonyl (C=O) groups excluding carboxylic acids is 1. The van der Waals surface area contributed by atoms with Crippen LogP contribution in [-0.4, -0.2) is 24.8 Å². The van der Waals surface area contributed by atoms with Gasteiger partial charge in [0.2, 0.25) is 0 Å². The third-order valence-corrected chi connectivity index (χ3v) is 7.27. The molecule has 0 N–H and O–H groups in total. The number of aromatic nitrogens is 1. The van der Waals surface area contributed by atoms with Crippen LogP contribution in [0.1, 0.15) is 29.7 Å². The topological polar surface area (TPSA) is 79.1 Å². The highest BCUT2D eigenvalue weighted by molar-refractivity contribution is 7.07. The molecule has 192 valence electrons. The van der Waals surface area contributed by atoms with E-state index >= 15 is 0 Å². The molecule has 1 aromatic heterocycles. The lowest BCUT2D eigenvalue weighted by Gasteiger charge is -2.24. The Kier molecular flexibility index (Phi) is 7.24. The zero-order valence-corrected chi connectivity index (χ0v) is 22.0. The second kappa shape index (κ2) is 10.9. The van der Waals surface area contributed by atoms with Crippen LogP contribution in [0.4, 0.5) is 0 Å². The van der Waals surface area contributed by atoms with Crippen LogP contribution in [0.25, 0.3) is 6.08 Å². The van der Waals surface area contributed by atoms with Gasteiger partial charge in [0.05, 0.1) is 36.1 Å². The molecule has 0 amide bonds. The molecule has 1 unspecified atom stereocenters. The maximum atomic E-state index is 13.7. The number of hydrogen-bond acceptors (Lipinski definition) is 7. The lowest BCUT2D eigenvalue weighted by Crippen LogP contribution is -2.39. The van der Waals surface area contributed by atoms with E-state index in [1.807, 2.05) is 72.8 Å². The zero-order chi connectivity index (χ0) is 26.6. The van der Waals surface area contributed by atoms with E-state index in [0.717, 1.165) is 22.4 Å². The Morgan fingerprint density at radius 3 is 2.32 bits per heavy atom. The minimum Gasteiger partial charge on any atom is -0.497 e. The summed E-state index contributed by atoms with van der Waals surface area (Å²) < 4.78 is 18.3. The van der Waals surface area contributed by atoms with E-state index in [0.29, 0.717) is 33.0 Å². The van der Waals surface area contributed by atoms with Crippen LogP contribution in [0.5, 0.6) is 11.5 Å². The number of carbonyl (C=O) groups is 1. The van der Waals surface area contributed by atoms with Crippen LogP contribution in [0.3, 0.4) is 0 Å². The van der Waals surface area contributed by atoms with Crippen molar-refractivity contribution < 1.29 is 19.0 Å². The summed E-state index contributed by atoms with van der Waals surface area (Å²) in [5.74, 6) is 0.899. The van der Waals surface area contributed by atoms with Crippen molar-refractivity contribution in [3.05, 3.63) is 127 Å². The number of benzene rings is 3. The third kappa shape index (κ3) is 5.03. The fraction of sp³-hybridized carbons (Fsp3) is 0.167. The number of allylic oxidation sites excluding steroid dienone is 1. The van der Waals surface area contributed by atoms with Crippen molar-refractivity contribution in [1.29, 1.82) is 0 Å². The quantitative estimate of drug-likeness (QED) is 0.340. The van der Waals surface area contributed by atoms with E-state index < -0.39 is 12.0 Å². The highest BCUT2D eigenvalue weighted by Crippen LogP contribution is 2.31. The summed E-state index contributed by atoms with van der Waals surface area (Å²) in [7, 11) is 2.91. The van der Waals surface area contributed by atoms with Crippen molar-refractivity contribution >= 4 is 23.4 Å². The van der Waals surface area contributed by atoms with E-state index in [-0.39, 0.29) is 5.56 Å². The summed E-state index contributed by atoms with van der Waals surface area (Å²) in [5, 5.41) is 0. The first-order chi connectivity index (χ1) is 18.5. The van der Waals surface area contributed by atoms with Crippen LogP contribution >= 0.6 is 11.3 Å². The fourth-order valence-corrected chi connectivity index (χ4v) is 5.39. The smallest absolute Gasteiger partial charge is 0.338 e. The molecule has 4 aromatic rings. The largest absolute Gasteiger partial charge is 0.497 e. The number of fused-ring (bicyclic) bond motifs is 1. The average molecular weight is 527 g/mol. The van der Waals surface area contributed by atoms with Gasteiger partial charge >= 0.3 is 5.97 Å². The van der Waals surface area contributed by atoms with Crippen molar-refractivity contribution in [2.24, 2.45) is 4.99 Å². The average Bonchev–Trinajstić information content (AvgIpc) is 3.26. The van der Waals surface area contributed by atoms with Gasteiger partial charge in [-0.1, -0.05) is 65.9 Å². The van der Waals surface area contributed by atoms with Gasteiger partial charge in [0.15, 0.2) is 4.80 Å². The summed E-state index contributed by atoms with van der Waals surface area (Å²) in [6.07, 6.45) is 1.83. The second-order valence-electron chi connectivity index (χ2n) is 8.69. The number of ether oxygens (including phenoxy) is 3. The van der Waals surface area contributed by atoms with Gasteiger partial charge in [-0.3, -0.25) is 9.36 Å². The maximum Gasteiger partial charge on any atom is 0.338 e. The highest BCUT2D eigenvalue weighted by Gasteiger charge is 2.33. The van der Waals surface area contributed by atoms with Gasteiger partial charge in [0.25, 0.3) is 5.56 Å². The van der Waals surface area contributed by atoms with Gasteiger partial charge < -0.3 is 14.2 Å². The van der Waals surface area contributed by atoms with Gasteiger partial charge in [-0.05, 0) is 54.0 Å². The van der Waals surface area contributed by atoms with E-state index in [1.54, 1.807) is 30.7 Å². The molecule has 5 rings (SSSR count). The molecular formula is C30H26N2O5S. The molecule has 0 saturated heterocycles. The summed E-state index contributed by atoms with van der Waals surface area (Å²) in [6.45, 7) is 2.24. The predicted octanol–water partition coefficient (Wildman–Crippen LogP) is 4.00. The van der Waals surface area contributed by atoms with Crippen molar-refractivity contribution in [1.82, 2.24) is 4.57 Å². The number of esters is 1. The number of methoxy groups -OCH3 is 2. The van der Waals surface area contributed by atoms with Crippen molar-refractivity contribution in [2.75, 3.05) is 14.2 Å². The Morgan fingerprint density at radius 2 is 1.66 bits per heavy atom. The first kappa shape index (κ1) is 25.2. The van der Waals surface area contributed by atoms with Crippen LogP contribution in [0.15, 0.2) is 99.9 Å². The van der Waals surface area contributed by atoms with Crippen molar-refractivity contribution in [3.8, 4) is 11.5 Å². The fourth-order valence-electron chi connectivity index (χ4n) is 4.35. The zero-order valence-electron chi connectivity index (χ0n) is 21.2. The Hall–Kier alpha value is -4.43. The lowest BCUT2D eigenvalue weighted by atomic mass is 9.96. The second-order valence-corrected chi connectivity index (χ2v) is 9.70. The molecule has 0 aliphatic carbocycles. The van der Waals surface area contributed by atoms with Gasteiger partial charge in [-0.25, -0.2) is 9.79 Å². The molecule has 7 nitrogen and oxygen atoms in total. The number of thiazole rings is 1. The predicted molar refractivity (Wildman–Crippen MR) is 146 cm³/mol. The molecule has 1 atom stereocenters. The first-order valence-electron chi connectivity index (χ1n) is 12.0. The van der Waals surface area contributed by atoms with E-state index in [1.165, 1.54) is 18.4 Å². The molecule has 0 radical (unpaired) electrons. The Labute approximate surface area is 223 Å². The molecule has 1 aliphatic heterocycles. The van der Waals surface area contributed by atoms with Gasteiger partial charge in [0.1, 0.15) is 18.1 Å². The first-order valence-corrected chi connectivity index (χ1v) is 12.8. The molecule has 3 aromatic carbocycles. The molecule has 0 fully saturated rings. The third-order valence-electron chi connectivity index (χ3n) is 6.28. The standard InChI is InChI=1S/C30H26N2O5S/c1-19-26(29(34)36-3)27(22-11-15-23(35-2)16-12-22)32-28(33)25(38-30(32)31-19)17-20-9-13-24(14-10-20)37-18-21-7-5-4-6-8-21/h4-17,27H,18H2,1-3H3/b25-17+. The molecule has 0 saturated carbocycles. The Bertz CT molecular complexity index is 1670. The normalized spacial score (nSPS) is 15.0. The maximum absolute atomic E-state index is 13.7. The SMILES string of the molecule is COC(=O)C1=C(C)N=c2s/c(=C/c3ccc(OCc4ccccc4)cc3)c(=O)n2C1c1ccc(OC)cc1. The minimum absolute atomic E-state index is 0.229. The van der Waals surface area contributed by atoms with Gasteiger partial charge in [-0.15, -0.1) is 0 Å². The van der Waals surface area contributed by atoms with Crippen molar-refractivity contribution in [3.63, 3.8) is 0 Å². The molecule has 1 aliphatic rings. The van der Waals surface area contributed by atoms with Crippen LogP contribution in [0.2, 0.25) is 0 Å². The van der Waals surface area contributed by atoms with Crippen LogP contribution in [-0.2, 0) is 16.1 Å². The number of rotatable bonds is 7. The van der Waals surface area contributed by atoms with Crippen LogP contribution < -0.4 is 24.4 Å². The minimum atomic E-state index is -0.666. The molecule has 0 spiro atoms. The highest BCUT2D eigenvalue weighted by atomic mass is 32.1. The number of nitrogens with zero attached hydrogens (tertiary/aromatic N) is 2. The van der Waals surface area contributed by atoms with E-state index in [4.69, 9.17) is 14.2 Å². The number of hydrogen-bond donors (Lipinski definition) is 0. The molecule has 2 heterocycles. The molecule has 38 heavy (non-hydrogen) atoms. The van der Waals surface area contributed by atoms with Gasteiger partial charge in [-0.2, -0.15) is 0 Å². The Balaban J connectivity index is 1.51. The monoisotopic (exact) mass is 526 g/mol. The van der Waals surface area contributed by atoms with E-state index in [2.05, 4.69) is 4.99 Å². The van der Waals surface area contributed by atoms with E-state index in [9.17, 15) is 9.59 Å². The summed E-state index contributed by atoms with van der Waals surface area (Å²) in [4.78, 5) is 31.6. The Morgan fingerprint density at radius 1 is 0.974 bits per heavy atom. The van der Waals surface area contributed by atoms with Crippen molar-refractivity contribution in [2.45, 2.75) is 19.6 Å². The van der Waals surface area contributed by atoms with Crippen LogP contribution in [0, 0.1) is 0 Å². The van der Waals surface area contributed by atoms with Gasteiger partial charge in [0, 0.05) is 0 Å². The molecular weight excluding hydrogens is 500 g/mol. The molecule has 8 heteroatoms.